The lowest BCUT2D eigenvalue weighted by atomic mass is 9.98. The van der Waals surface area contributed by atoms with Crippen molar-refractivity contribution in [3.63, 3.8) is 0 Å². The zero-order chi connectivity index (χ0) is 12.3. The Bertz CT molecular complexity index is 407. The van der Waals surface area contributed by atoms with Crippen molar-refractivity contribution in [3.05, 3.63) is 37.8 Å². The molecule has 3 nitrogen and oxygen atoms in total. The molecule has 0 unspecified atom stereocenters. The Morgan fingerprint density at radius 3 is 2.50 bits per heavy atom. The molecule has 0 aliphatic carbocycles. The number of nitro benzene ring substituents is 1. The Labute approximate surface area is 108 Å². The molecule has 1 rings (SSSR count). The van der Waals surface area contributed by atoms with Gasteiger partial charge in [0.05, 0.1) is 9.40 Å². The van der Waals surface area contributed by atoms with Crippen molar-refractivity contribution in [1.29, 1.82) is 0 Å². The largest absolute Gasteiger partial charge is 0.283 e. The molecule has 1 aromatic rings. The number of halogens is 2. The average Bonchev–Trinajstić information content (AvgIpc) is 2.18. The summed E-state index contributed by atoms with van der Waals surface area (Å²) < 4.78 is 0.487. The highest BCUT2D eigenvalue weighted by molar-refractivity contribution is 9.10. The number of hydrogen-bond donors (Lipinski definition) is 0. The summed E-state index contributed by atoms with van der Waals surface area (Å²) in [5, 5.41) is 10.8. The Morgan fingerprint density at radius 1 is 1.44 bits per heavy atom. The molecule has 0 fully saturated rings. The molecule has 0 saturated carbocycles. The highest BCUT2D eigenvalue weighted by Gasteiger charge is 2.16. The van der Waals surface area contributed by atoms with E-state index in [1.54, 1.807) is 12.1 Å². The first-order valence-electron chi connectivity index (χ1n) is 4.97. The van der Waals surface area contributed by atoms with E-state index < -0.39 is 0 Å². The monoisotopic (exact) mass is 305 g/mol. The molecule has 0 aliphatic heterocycles. The van der Waals surface area contributed by atoms with E-state index in [-0.39, 0.29) is 10.6 Å². The van der Waals surface area contributed by atoms with Crippen LogP contribution in [0.5, 0.6) is 0 Å². The van der Waals surface area contributed by atoms with E-state index in [0.29, 0.717) is 16.3 Å². The van der Waals surface area contributed by atoms with Gasteiger partial charge in [-0.05, 0) is 45.5 Å². The second-order valence-corrected chi connectivity index (χ2v) is 5.18. The predicted molar refractivity (Wildman–Crippen MR) is 68.9 cm³/mol. The zero-order valence-corrected chi connectivity index (χ0v) is 11.5. The normalized spacial score (nSPS) is 10.8. The minimum Gasteiger partial charge on any atom is -0.258 e. The van der Waals surface area contributed by atoms with Crippen molar-refractivity contribution < 1.29 is 4.92 Å². The summed E-state index contributed by atoms with van der Waals surface area (Å²) in [6.45, 7) is 4.15. The first-order chi connectivity index (χ1) is 7.45. The molecule has 0 N–H and O–H groups in total. The van der Waals surface area contributed by atoms with Crippen molar-refractivity contribution in [3.8, 4) is 0 Å². The number of nitro groups is 1. The van der Waals surface area contributed by atoms with E-state index in [9.17, 15) is 10.1 Å². The van der Waals surface area contributed by atoms with Gasteiger partial charge in [0.2, 0.25) is 0 Å². The smallest absolute Gasteiger partial charge is 0.258 e. The Hall–Kier alpha value is -0.610. The minimum atomic E-state index is -0.383. The number of nitrogens with zero attached hydrogens (tertiary/aromatic N) is 1. The lowest BCUT2D eigenvalue weighted by Gasteiger charge is -2.10. The van der Waals surface area contributed by atoms with Crippen LogP contribution in [0.3, 0.4) is 0 Å². The van der Waals surface area contributed by atoms with Crippen LogP contribution in [0.2, 0.25) is 0 Å². The number of rotatable bonds is 4. The molecule has 0 saturated heterocycles. The summed E-state index contributed by atoms with van der Waals surface area (Å²) in [5.41, 5.74) is 2.01. The third kappa shape index (κ3) is 3.19. The summed E-state index contributed by atoms with van der Waals surface area (Å²) >= 11 is 9.02. The summed E-state index contributed by atoms with van der Waals surface area (Å²) in [6, 6.07) is 3.35. The summed E-state index contributed by atoms with van der Waals surface area (Å²) in [5.74, 6) is 0.821. The number of benzene rings is 1. The van der Waals surface area contributed by atoms with Gasteiger partial charge in [0.15, 0.2) is 0 Å². The van der Waals surface area contributed by atoms with Crippen LogP contribution < -0.4 is 0 Å². The van der Waals surface area contributed by atoms with Crippen LogP contribution in [0, 0.1) is 16.0 Å². The van der Waals surface area contributed by atoms with Gasteiger partial charge in [-0.2, -0.15) is 0 Å². The van der Waals surface area contributed by atoms with Crippen molar-refractivity contribution in [2.24, 2.45) is 5.92 Å². The quantitative estimate of drug-likeness (QED) is 0.473. The molecule has 0 atom stereocenters. The van der Waals surface area contributed by atoms with E-state index in [0.717, 1.165) is 17.5 Å². The van der Waals surface area contributed by atoms with Crippen LogP contribution in [0.25, 0.3) is 0 Å². The second-order valence-electron chi connectivity index (χ2n) is 4.06. The van der Waals surface area contributed by atoms with Gasteiger partial charge in [-0.1, -0.05) is 13.8 Å². The Balaban J connectivity index is 3.23. The fourth-order valence-corrected chi connectivity index (χ4v) is 2.32. The fraction of sp³-hybridized carbons (Fsp3) is 0.455. The summed E-state index contributed by atoms with van der Waals surface area (Å²) in [7, 11) is 0. The van der Waals surface area contributed by atoms with Crippen molar-refractivity contribution >= 4 is 33.2 Å². The fourth-order valence-electron chi connectivity index (χ4n) is 1.54. The molecular weight excluding hydrogens is 293 g/mol. The van der Waals surface area contributed by atoms with Crippen molar-refractivity contribution in [2.75, 3.05) is 0 Å². The molecule has 5 heteroatoms. The maximum atomic E-state index is 10.8. The van der Waals surface area contributed by atoms with Gasteiger partial charge >= 0.3 is 0 Å². The molecule has 1 aromatic carbocycles. The molecule has 0 amide bonds. The van der Waals surface area contributed by atoms with Gasteiger partial charge in [-0.15, -0.1) is 11.6 Å². The highest BCUT2D eigenvalue weighted by Crippen LogP contribution is 2.30. The standard InChI is InChI=1S/C11H13BrClNO2/c1-7(2)3-8-5-11(14(15)16)10(12)4-9(8)6-13/h4-5,7H,3,6H2,1-2H3. The SMILES string of the molecule is CC(C)Cc1cc([N+](=O)[O-])c(Br)cc1CCl. The molecule has 0 radical (unpaired) electrons. The van der Waals surface area contributed by atoms with Crippen LogP contribution in [-0.4, -0.2) is 4.92 Å². The molecule has 88 valence electrons. The topological polar surface area (TPSA) is 43.1 Å². The molecule has 0 aromatic heterocycles. The number of hydrogen-bond acceptors (Lipinski definition) is 2. The van der Waals surface area contributed by atoms with Crippen LogP contribution in [0.1, 0.15) is 25.0 Å². The van der Waals surface area contributed by atoms with Crippen LogP contribution in [-0.2, 0) is 12.3 Å². The molecule has 0 spiro atoms. The summed E-state index contributed by atoms with van der Waals surface area (Å²) in [6.07, 6.45) is 0.802. The van der Waals surface area contributed by atoms with E-state index in [1.807, 2.05) is 0 Å². The van der Waals surface area contributed by atoms with Gasteiger partial charge in [0.1, 0.15) is 0 Å². The first kappa shape index (κ1) is 13.5. The Morgan fingerprint density at radius 2 is 2.06 bits per heavy atom. The lowest BCUT2D eigenvalue weighted by Crippen LogP contribution is -2.01. The Kier molecular flexibility index (Phi) is 4.74. The first-order valence-corrected chi connectivity index (χ1v) is 6.30. The average molecular weight is 307 g/mol. The van der Waals surface area contributed by atoms with E-state index >= 15 is 0 Å². The van der Waals surface area contributed by atoms with Crippen LogP contribution in [0.4, 0.5) is 5.69 Å². The van der Waals surface area contributed by atoms with Gasteiger partial charge in [-0.25, -0.2) is 0 Å². The van der Waals surface area contributed by atoms with Gasteiger partial charge in [-0.3, -0.25) is 10.1 Å². The molecule has 0 aliphatic rings. The third-order valence-electron chi connectivity index (χ3n) is 2.24. The van der Waals surface area contributed by atoms with E-state index in [4.69, 9.17) is 11.6 Å². The van der Waals surface area contributed by atoms with E-state index in [1.165, 1.54) is 0 Å². The second kappa shape index (κ2) is 5.64. The predicted octanol–water partition coefficient (Wildman–Crippen LogP) is 4.29. The molecular formula is C11H13BrClNO2. The van der Waals surface area contributed by atoms with Gasteiger partial charge in [0, 0.05) is 11.9 Å². The van der Waals surface area contributed by atoms with Gasteiger partial charge < -0.3 is 0 Å². The number of alkyl halides is 1. The van der Waals surface area contributed by atoms with E-state index in [2.05, 4.69) is 29.8 Å². The minimum absolute atomic E-state index is 0.101. The highest BCUT2D eigenvalue weighted by atomic mass is 79.9. The zero-order valence-electron chi connectivity index (χ0n) is 9.17. The maximum absolute atomic E-state index is 10.8. The molecule has 16 heavy (non-hydrogen) atoms. The summed E-state index contributed by atoms with van der Waals surface area (Å²) in [4.78, 5) is 10.4. The van der Waals surface area contributed by atoms with Crippen LogP contribution in [0.15, 0.2) is 16.6 Å². The maximum Gasteiger partial charge on any atom is 0.283 e. The van der Waals surface area contributed by atoms with Gasteiger partial charge in [0.25, 0.3) is 5.69 Å². The molecule has 0 heterocycles. The third-order valence-corrected chi connectivity index (χ3v) is 3.16. The van der Waals surface area contributed by atoms with Crippen molar-refractivity contribution in [1.82, 2.24) is 0 Å². The van der Waals surface area contributed by atoms with Crippen LogP contribution >= 0.6 is 27.5 Å². The lowest BCUT2D eigenvalue weighted by molar-refractivity contribution is -0.385. The van der Waals surface area contributed by atoms with Crippen molar-refractivity contribution in [2.45, 2.75) is 26.1 Å². The molecule has 0 bridgehead atoms.